The highest BCUT2D eigenvalue weighted by atomic mass is 32.2. The maximum absolute atomic E-state index is 5.27. The Morgan fingerprint density at radius 2 is 2.10 bits per heavy atom. The van der Waals surface area contributed by atoms with E-state index >= 15 is 0 Å². The summed E-state index contributed by atoms with van der Waals surface area (Å²) in [4.78, 5) is 10.4. The first-order valence-electron chi connectivity index (χ1n) is 7.05. The van der Waals surface area contributed by atoms with Gasteiger partial charge in [-0.15, -0.1) is 0 Å². The van der Waals surface area contributed by atoms with Gasteiger partial charge in [-0.1, -0.05) is 24.8 Å². The van der Waals surface area contributed by atoms with Crippen LogP contribution in [0.2, 0.25) is 0 Å². The molecule has 0 aliphatic carbocycles. The summed E-state index contributed by atoms with van der Waals surface area (Å²) in [5, 5.41) is 4.15. The maximum Gasteiger partial charge on any atom is 0.133 e. The van der Waals surface area contributed by atoms with Gasteiger partial charge in [0.25, 0.3) is 0 Å². The highest BCUT2D eigenvalue weighted by Crippen LogP contribution is 2.33. The van der Waals surface area contributed by atoms with E-state index in [0.29, 0.717) is 0 Å². The van der Waals surface area contributed by atoms with E-state index in [1.165, 1.54) is 0 Å². The molecule has 112 valence electrons. The van der Waals surface area contributed by atoms with Crippen LogP contribution in [0.25, 0.3) is 0 Å². The number of benzene rings is 1. The smallest absolute Gasteiger partial charge is 0.133 e. The molecular formula is C16H21N3OS. The summed E-state index contributed by atoms with van der Waals surface area (Å²) < 4.78 is 5.27. The topological polar surface area (TPSA) is 47.0 Å². The summed E-state index contributed by atoms with van der Waals surface area (Å²) in [7, 11) is 3.57. The van der Waals surface area contributed by atoms with Crippen molar-refractivity contribution in [2.75, 3.05) is 19.5 Å². The predicted molar refractivity (Wildman–Crippen MR) is 87.4 cm³/mol. The fourth-order valence-corrected chi connectivity index (χ4v) is 2.94. The Morgan fingerprint density at radius 3 is 2.76 bits per heavy atom. The van der Waals surface area contributed by atoms with Gasteiger partial charge in [-0.25, -0.2) is 9.97 Å². The van der Waals surface area contributed by atoms with Crippen LogP contribution in [0.15, 0.2) is 34.2 Å². The van der Waals surface area contributed by atoms with E-state index in [4.69, 9.17) is 9.72 Å². The molecule has 1 aromatic carbocycles. The van der Waals surface area contributed by atoms with E-state index in [-0.39, 0.29) is 0 Å². The largest absolute Gasteiger partial charge is 0.497 e. The van der Waals surface area contributed by atoms with Gasteiger partial charge in [0, 0.05) is 23.9 Å². The second-order valence-electron chi connectivity index (χ2n) is 4.70. The molecule has 1 aromatic heterocycles. The fraction of sp³-hybridized carbons (Fsp3) is 0.375. The molecule has 4 nitrogen and oxygen atoms in total. The summed E-state index contributed by atoms with van der Waals surface area (Å²) >= 11 is 1.64. The number of aromatic nitrogens is 2. The zero-order valence-corrected chi connectivity index (χ0v) is 13.8. The minimum Gasteiger partial charge on any atom is -0.497 e. The van der Waals surface area contributed by atoms with E-state index in [1.54, 1.807) is 18.9 Å². The lowest BCUT2D eigenvalue weighted by atomic mass is 10.3. The first-order chi connectivity index (χ1) is 10.2. The van der Waals surface area contributed by atoms with Crippen molar-refractivity contribution in [2.24, 2.45) is 0 Å². The van der Waals surface area contributed by atoms with Crippen molar-refractivity contribution in [2.45, 2.75) is 36.6 Å². The van der Waals surface area contributed by atoms with Crippen molar-refractivity contribution in [3.63, 3.8) is 0 Å². The monoisotopic (exact) mass is 303 g/mol. The van der Waals surface area contributed by atoms with Crippen LogP contribution in [0.3, 0.4) is 0 Å². The van der Waals surface area contributed by atoms with Crippen molar-refractivity contribution in [1.29, 1.82) is 0 Å². The van der Waals surface area contributed by atoms with Gasteiger partial charge in [0.05, 0.1) is 7.11 Å². The number of rotatable bonds is 6. The minimum absolute atomic E-state index is 0.856. The first-order valence-corrected chi connectivity index (χ1v) is 7.86. The third-order valence-electron chi connectivity index (χ3n) is 3.11. The van der Waals surface area contributed by atoms with E-state index in [2.05, 4.69) is 23.3 Å². The molecule has 0 bridgehead atoms. The maximum atomic E-state index is 5.27. The average Bonchev–Trinajstić information content (AvgIpc) is 2.50. The van der Waals surface area contributed by atoms with Gasteiger partial charge in [0.1, 0.15) is 22.4 Å². The van der Waals surface area contributed by atoms with Crippen LogP contribution in [0.1, 0.15) is 24.7 Å². The molecule has 5 heteroatoms. The van der Waals surface area contributed by atoms with E-state index in [1.807, 2.05) is 32.2 Å². The number of hydrogen-bond acceptors (Lipinski definition) is 5. The Hall–Kier alpha value is -1.75. The van der Waals surface area contributed by atoms with Crippen molar-refractivity contribution in [3.8, 4) is 5.75 Å². The van der Waals surface area contributed by atoms with Crippen LogP contribution in [0.5, 0.6) is 5.75 Å². The lowest BCUT2D eigenvalue weighted by Gasteiger charge is -2.12. The lowest BCUT2D eigenvalue weighted by Crippen LogP contribution is -2.04. The quantitative estimate of drug-likeness (QED) is 0.819. The summed E-state index contributed by atoms with van der Waals surface area (Å²) in [6.07, 6.45) is 1.93. The van der Waals surface area contributed by atoms with Crippen molar-refractivity contribution >= 4 is 17.6 Å². The predicted octanol–water partition coefficient (Wildman–Crippen LogP) is 3.94. The van der Waals surface area contributed by atoms with Crippen LogP contribution in [-0.2, 0) is 6.42 Å². The standard InChI is InChI=1S/C16H21N3OS/c1-5-7-14-18-15(17-3)11(2)16(19-14)21-13-9-6-8-12(10-13)20-4/h6,8-10H,5,7H2,1-4H3,(H,17,18,19). The molecule has 0 saturated carbocycles. The molecule has 0 fully saturated rings. The third kappa shape index (κ3) is 3.88. The molecule has 2 rings (SSSR count). The van der Waals surface area contributed by atoms with Gasteiger partial charge in [-0.3, -0.25) is 0 Å². The fourth-order valence-electron chi connectivity index (χ4n) is 1.99. The number of hydrogen-bond donors (Lipinski definition) is 1. The van der Waals surface area contributed by atoms with E-state index in [0.717, 1.165) is 45.7 Å². The number of aryl methyl sites for hydroxylation is 1. The number of ether oxygens (including phenoxy) is 1. The third-order valence-corrected chi connectivity index (χ3v) is 4.19. The van der Waals surface area contributed by atoms with Crippen molar-refractivity contribution < 1.29 is 4.74 Å². The summed E-state index contributed by atoms with van der Waals surface area (Å²) in [6.45, 7) is 4.18. The second kappa shape index (κ2) is 7.31. The number of anilines is 1. The highest BCUT2D eigenvalue weighted by Gasteiger charge is 2.11. The molecule has 0 saturated heterocycles. The van der Waals surface area contributed by atoms with Gasteiger partial charge in [0.2, 0.25) is 0 Å². The van der Waals surface area contributed by atoms with Gasteiger partial charge < -0.3 is 10.1 Å². The Balaban J connectivity index is 2.35. The summed E-state index contributed by atoms with van der Waals surface area (Å²) in [5.41, 5.74) is 1.07. The van der Waals surface area contributed by atoms with Crippen molar-refractivity contribution in [1.82, 2.24) is 9.97 Å². The van der Waals surface area contributed by atoms with E-state index in [9.17, 15) is 0 Å². The molecule has 0 aliphatic rings. The zero-order valence-electron chi connectivity index (χ0n) is 12.9. The highest BCUT2D eigenvalue weighted by molar-refractivity contribution is 7.99. The Labute approximate surface area is 130 Å². The minimum atomic E-state index is 0.856. The molecular weight excluding hydrogens is 282 g/mol. The Bertz CT molecular complexity index is 616. The molecule has 0 aliphatic heterocycles. The van der Waals surface area contributed by atoms with Gasteiger partial charge in [-0.05, 0) is 31.5 Å². The summed E-state index contributed by atoms with van der Waals surface area (Å²) in [5.74, 6) is 2.64. The van der Waals surface area contributed by atoms with E-state index < -0.39 is 0 Å². The molecule has 0 unspecified atom stereocenters. The second-order valence-corrected chi connectivity index (χ2v) is 5.76. The molecule has 1 heterocycles. The molecule has 0 radical (unpaired) electrons. The van der Waals surface area contributed by atoms with Gasteiger partial charge in [0.15, 0.2) is 0 Å². The zero-order chi connectivity index (χ0) is 15.2. The Kier molecular flexibility index (Phi) is 5.44. The van der Waals surface area contributed by atoms with Crippen LogP contribution in [0, 0.1) is 6.92 Å². The Morgan fingerprint density at radius 1 is 1.29 bits per heavy atom. The lowest BCUT2D eigenvalue weighted by molar-refractivity contribution is 0.413. The van der Waals surface area contributed by atoms with Crippen LogP contribution >= 0.6 is 11.8 Å². The van der Waals surface area contributed by atoms with Gasteiger partial charge in [-0.2, -0.15) is 0 Å². The molecule has 0 amide bonds. The van der Waals surface area contributed by atoms with Crippen LogP contribution in [0.4, 0.5) is 5.82 Å². The summed E-state index contributed by atoms with van der Waals surface area (Å²) in [6, 6.07) is 8.01. The number of methoxy groups -OCH3 is 1. The van der Waals surface area contributed by atoms with Crippen molar-refractivity contribution in [3.05, 3.63) is 35.7 Å². The number of nitrogens with one attached hydrogen (secondary N) is 1. The normalized spacial score (nSPS) is 10.5. The molecule has 2 aromatic rings. The molecule has 0 atom stereocenters. The van der Waals surface area contributed by atoms with Crippen LogP contribution in [-0.4, -0.2) is 24.1 Å². The molecule has 1 N–H and O–H groups in total. The molecule has 21 heavy (non-hydrogen) atoms. The van der Waals surface area contributed by atoms with Gasteiger partial charge >= 0.3 is 0 Å². The SMILES string of the molecule is CCCc1nc(NC)c(C)c(Sc2cccc(OC)c2)n1. The molecule has 0 spiro atoms. The average molecular weight is 303 g/mol. The number of nitrogens with zero attached hydrogens (tertiary/aromatic N) is 2. The first kappa shape index (κ1) is 15.6. The van der Waals surface area contributed by atoms with Crippen LogP contribution < -0.4 is 10.1 Å².